The van der Waals surface area contributed by atoms with Gasteiger partial charge in [-0.25, -0.2) is 0 Å². The fourth-order valence-corrected chi connectivity index (χ4v) is 2.51. The van der Waals surface area contributed by atoms with Crippen molar-refractivity contribution in [2.24, 2.45) is 5.92 Å². The lowest BCUT2D eigenvalue weighted by molar-refractivity contribution is 0.111. The second-order valence-electron chi connectivity index (χ2n) is 5.62. The Morgan fingerprint density at radius 1 is 1.31 bits per heavy atom. The highest BCUT2D eigenvalue weighted by Gasteiger charge is 2.20. The van der Waals surface area contributed by atoms with Crippen molar-refractivity contribution in [3.8, 4) is 0 Å². The number of hydrogen-bond acceptors (Lipinski definition) is 3. The van der Waals surface area contributed by atoms with Gasteiger partial charge in [0.05, 0.1) is 6.10 Å². The van der Waals surface area contributed by atoms with Crippen LogP contribution in [-0.2, 0) is 0 Å². The topological polar surface area (TPSA) is 26.7 Å². The largest absolute Gasteiger partial charge is 0.393 e. The summed E-state index contributed by atoms with van der Waals surface area (Å²) in [7, 11) is 4.39. The van der Waals surface area contributed by atoms with Crippen molar-refractivity contribution >= 4 is 0 Å². The molecule has 1 heterocycles. The van der Waals surface area contributed by atoms with E-state index in [1.54, 1.807) is 0 Å². The second-order valence-corrected chi connectivity index (χ2v) is 5.62. The lowest BCUT2D eigenvalue weighted by Crippen LogP contribution is -2.39. The van der Waals surface area contributed by atoms with Gasteiger partial charge in [-0.05, 0) is 66.2 Å². The maximum absolute atomic E-state index is 9.38. The molecule has 1 fully saturated rings. The third-order valence-corrected chi connectivity index (χ3v) is 3.82. The molecule has 0 saturated carbocycles. The van der Waals surface area contributed by atoms with E-state index in [1.807, 2.05) is 6.92 Å². The van der Waals surface area contributed by atoms with E-state index >= 15 is 0 Å². The highest BCUT2D eigenvalue weighted by Crippen LogP contribution is 2.18. The minimum absolute atomic E-state index is 0.185. The van der Waals surface area contributed by atoms with E-state index in [1.165, 1.54) is 32.5 Å². The molecule has 1 aliphatic rings. The summed E-state index contributed by atoms with van der Waals surface area (Å²) in [6, 6.07) is 0.486. The van der Waals surface area contributed by atoms with Gasteiger partial charge in [-0.2, -0.15) is 0 Å². The molecule has 16 heavy (non-hydrogen) atoms. The van der Waals surface area contributed by atoms with Gasteiger partial charge in [0.1, 0.15) is 0 Å². The number of aliphatic hydroxyl groups is 1. The van der Waals surface area contributed by atoms with Crippen molar-refractivity contribution in [2.75, 3.05) is 33.7 Å². The van der Waals surface area contributed by atoms with E-state index < -0.39 is 0 Å². The van der Waals surface area contributed by atoms with Crippen LogP contribution in [0.5, 0.6) is 0 Å². The van der Waals surface area contributed by atoms with E-state index in [-0.39, 0.29) is 6.10 Å². The molecule has 3 nitrogen and oxygen atoms in total. The number of hydrogen-bond donors (Lipinski definition) is 1. The summed E-state index contributed by atoms with van der Waals surface area (Å²) in [5.41, 5.74) is 0. The van der Waals surface area contributed by atoms with Crippen molar-refractivity contribution in [3.63, 3.8) is 0 Å². The first kappa shape index (κ1) is 13.9. The van der Waals surface area contributed by atoms with Crippen molar-refractivity contribution in [1.29, 1.82) is 0 Å². The first-order valence-corrected chi connectivity index (χ1v) is 6.56. The molecule has 1 saturated heterocycles. The maximum Gasteiger partial charge on any atom is 0.0526 e. The molecule has 0 radical (unpaired) electrons. The molecule has 1 aliphatic heterocycles. The highest BCUT2D eigenvalue weighted by molar-refractivity contribution is 4.75. The van der Waals surface area contributed by atoms with Crippen LogP contribution in [0.1, 0.15) is 33.1 Å². The Labute approximate surface area is 100 Å². The summed E-state index contributed by atoms with van der Waals surface area (Å²) >= 11 is 0. The smallest absolute Gasteiger partial charge is 0.0526 e. The number of aliphatic hydroxyl groups excluding tert-OH is 1. The fraction of sp³-hybridized carbons (Fsp3) is 1.00. The quantitative estimate of drug-likeness (QED) is 0.771. The van der Waals surface area contributed by atoms with E-state index in [0.717, 1.165) is 12.3 Å². The van der Waals surface area contributed by atoms with Crippen LogP contribution < -0.4 is 0 Å². The van der Waals surface area contributed by atoms with Crippen LogP contribution in [0.4, 0.5) is 0 Å². The van der Waals surface area contributed by atoms with E-state index in [0.29, 0.717) is 6.04 Å². The van der Waals surface area contributed by atoms with Crippen molar-refractivity contribution < 1.29 is 5.11 Å². The molecule has 96 valence electrons. The number of nitrogens with zero attached hydrogens (tertiary/aromatic N) is 2. The van der Waals surface area contributed by atoms with Gasteiger partial charge in [-0.15, -0.1) is 0 Å². The molecular weight excluding hydrogens is 200 g/mol. The summed E-state index contributed by atoms with van der Waals surface area (Å²) in [5, 5.41) is 9.38. The molecule has 0 aromatic rings. The Bertz CT molecular complexity index is 188. The van der Waals surface area contributed by atoms with Gasteiger partial charge < -0.3 is 14.9 Å². The summed E-state index contributed by atoms with van der Waals surface area (Å²) in [4.78, 5) is 4.82. The van der Waals surface area contributed by atoms with Crippen LogP contribution in [-0.4, -0.2) is 60.8 Å². The van der Waals surface area contributed by atoms with Gasteiger partial charge in [-0.3, -0.25) is 0 Å². The van der Waals surface area contributed by atoms with Crippen LogP contribution in [0.2, 0.25) is 0 Å². The van der Waals surface area contributed by atoms with Gasteiger partial charge in [0.15, 0.2) is 0 Å². The highest BCUT2D eigenvalue weighted by atomic mass is 16.3. The van der Waals surface area contributed by atoms with Crippen molar-refractivity contribution in [1.82, 2.24) is 9.80 Å². The summed E-state index contributed by atoms with van der Waals surface area (Å²) in [5.74, 6) is 0.845. The summed E-state index contributed by atoms with van der Waals surface area (Å²) in [6.45, 7) is 7.75. The summed E-state index contributed by atoms with van der Waals surface area (Å²) in [6.07, 6.45) is 3.34. The number of rotatable bonds is 5. The molecule has 0 spiro atoms. The monoisotopic (exact) mass is 228 g/mol. The number of likely N-dealkylation sites (tertiary alicyclic amines) is 1. The van der Waals surface area contributed by atoms with Gasteiger partial charge in [0.25, 0.3) is 0 Å². The zero-order valence-electron chi connectivity index (χ0n) is 11.3. The van der Waals surface area contributed by atoms with Crippen molar-refractivity contribution in [2.45, 2.75) is 45.3 Å². The zero-order valence-corrected chi connectivity index (χ0v) is 11.3. The first-order valence-electron chi connectivity index (χ1n) is 6.56. The fourth-order valence-electron chi connectivity index (χ4n) is 2.51. The zero-order chi connectivity index (χ0) is 12.1. The lowest BCUT2D eigenvalue weighted by atomic mass is 9.96. The van der Waals surface area contributed by atoms with Gasteiger partial charge in [0, 0.05) is 12.6 Å². The second kappa shape index (κ2) is 6.58. The molecule has 2 unspecified atom stereocenters. The van der Waals surface area contributed by atoms with Crippen molar-refractivity contribution in [3.05, 3.63) is 0 Å². The molecule has 0 bridgehead atoms. The minimum atomic E-state index is -0.185. The van der Waals surface area contributed by atoms with Gasteiger partial charge in [0.2, 0.25) is 0 Å². The Kier molecular flexibility index (Phi) is 5.73. The Morgan fingerprint density at radius 3 is 2.38 bits per heavy atom. The van der Waals surface area contributed by atoms with Crippen LogP contribution in [0, 0.1) is 5.92 Å². The van der Waals surface area contributed by atoms with E-state index in [4.69, 9.17) is 0 Å². The third kappa shape index (κ3) is 4.81. The molecular formula is C13H28N2O. The van der Waals surface area contributed by atoms with Gasteiger partial charge >= 0.3 is 0 Å². The molecule has 0 aromatic carbocycles. The average Bonchev–Trinajstić information content (AvgIpc) is 2.20. The van der Waals surface area contributed by atoms with Crippen LogP contribution in [0.15, 0.2) is 0 Å². The SMILES string of the molecule is CC(O)CC(C)N(C)CC1CCN(C)CC1. The van der Waals surface area contributed by atoms with Crippen LogP contribution in [0.25, 0.3) is 0 Å². The molecule has 3 heteroatoms. The van der Waals surface area contributed by atoms with Crippen LogP contribution in [0.3, 0.4) is 0 Å². The minimum Gasteiger partial charge on any atom is -0.393 e. The Morgan fingerprint density at radius 2 is 1.88 bits per heavy atom. The molecule has 0 aromatic heterocycles. The molecule has 2 atom stereocenters. The molecule has 0 amide bonds. The predicted molar refractivity (Wildman–Crippen MR) is 68.6 cm³/mol. The standard InChI is InChI=1S/C13H28N2O/c1-11(9-12(2)16)15(4)10-13-5-7-14(3)8-6-13/h11-13,16H,5-10H2,1-4H3. The van der Waals surface area contributed by atoms with E-state index in [9.17, 15) is 5.11 Å². The first-order chi connectivity index (χ1) is 7.49. The third-order valence-electron chi connectivity index (χ3n) is 3.82. The maximum atomic E-state index is 9.38. The molecule has 1 N–H and O–H groups in total. The van der Waals surface area contributed by atoms with Crippen LogP contribution >= 0.6 is 0 Å². The lowest BCUT2D eigenvalue weighted by Gasteiger charge is -2.34. The molecule has 0 aliphatic carbocycles. The summed E-state index contributed by atoms with van der Waals surface area (Å²) < 4.78 is 0. The predicted octanol–water partition coefficient (Wildman–Crippen LogP) is 1.42. The normalized spacial score (nSPS) is 23.6. The average molecular weight is 228 g/mol. The number of piperidine rings is 1. The molecule has 1 rings (SSSR count). The Balaban J connectivity index is 2.25. The van der Waals surface area contributed by atoms with E-state index in [2.05, 4.69) is 30.8 Å². The van der Waals surface area contributed by atoms with Gasteiger partial charge in [-0.1, -0.05) is 0 Å². The Hall–Kier alpha value is -0.120.